The van der Waals surface area contributed by atoms with Gasteiger partial charge in [-0.1, -0.05) is 78.1 Å². The quantitative estimate of drug-likeness (QED) is 0.139. The summed E-state index contributed by atoms with van der Waals surface area (Å²) in [5, 5.41) is 40.1. The van der Waals surface area contributed by atoms with E-state index in [9.17, 15) is 53.4 Å². The van der Waals surface area contributed by atoms with Gasteiger partial charge in [-0.15, -0.1) is 11.8 Å². The molecule has 9 amide bonds. The number of rotatable bonds is 11. The number of piperidine rings is 1. The van der Waals surface area contributed by atoms with Crippen molar-refractivity contribution in [1.29, 1.82) is 0 Å². The molecule has 10 atom stereocenters. The predicted molar refractivity (Wildman–Crippen MR) is 264 cm³/mol. The fourth-order valence-electron chi connectivity index (χ4n) is 9.83. The van der Waals surface area contributed by atoms with Crippen LogP contribution in [0.1, 0.15) is 144 Å². The Balaban J connectivity index is 1.67. The normalized spacial score (nSPS) is 29.0. The summed E-state index contributed by atoms with van der Waals surface area (Å²) >= 11 is 1.01. The van der Waals surface area contributed by atoms with Crippen molar-refractivity contribution in [2.45, 2.75) is 205 Å². The van der Waals surface area contributed by atoms with E-state index in [0.717, 1.165) is 95.2 Å². The molecule has 0 aromatic carbocycles. The Bertz CT molecular complexity index is 1800. The van der Waals surface area contributed by atoms with Crippen molar-refractivity contribution in [2.24, 2.45) is 17.8 Å². The van der Waals surface area contributed by atoms with Crippen LogP contribution in [-0.2, 0) is 43.2 Å². The summed E-state index contributed by atoms with van der Waals surface area (Å²) in [7, 11) is 1.42. The molecule has 4 aliphatic rings. The number of aliphatic hydroxyl groups excluding tert-OH is 2. The van der Waals surface area contributed by atoms with E-state index in [1.165, 1.54) is 39.6 Å². The van der Waals surface area contributed by atoms with Crippen LogP contribution < -0.4 is 37.2 Å². The van der Waals surface area contributed by atoms with Crippen LogP contribution in [0.3, 0.4) is 0 Å². The number of nitrogens with zero attached hydrogens (tertiary/aromatic N) is 2. The zero-order valence-electron chi connectivity index (χ0n) is 42.5. The van der Waals surface area contributed by atoms with Gasteiger partial charge < -0.3 is 57.2 Å². The van der Waals surface area contributed by atoms with Gasteiger partial charge in [0.1, 0.15) is 48.3 Å². The molecule has 0 radical (unpaired) electrons. The molecular weight excluding hydrogens is 923 g/mol. The van der Waals surface area contributed by atoms with Gasteiger partial charge in [-0.2, -0.15) is 0 Å². The van der Waals surface area contributed by atoms with Gasteiger partial charge in [0, 0.05) is 25.9 Å². The highest BCUT2D eigenvalue weighted by Gasteiger charge is 2.39. The van der Waals surface area contributed by atoms with Crippen molar-refractivity contribution in [3.63, 3.8) is 0 Å². The first-order valence-corrected chi connectivity index (χ1v) is 26.9. The van der Waals surface area contributed by atoms with Crippen molar-refractivity contribution in [3.05, 3.63) is 0 Å². The SMILES string of the molecule is CC(C)C[C@@H]1NC(=O)CSC[C@@H](C(=O)N[C@@H](CC2CCCCC2)C(=O)N2CCCCC2)NC(=O)[C@H](C)NC(=O)[C@H]([C@@H](C)O)NC(=O)[C@H]([C@@H](C)O)NC(=O)[C@H](CC2CCCCC2)NC(=O)[C@H](C)N(C)C1=O. The maximum atomic E-state index is 14.3. The minimum Gasteiger partial charge on any atom is -0.391 e. The van der Waals surface area contributed by atoms with Crippen LogP contribution in [0.5, 0.6) is 0 Å². The van der Waals surface area contributed by atoms with Gasteiger partial charge in [-0.05, 0) is 84.0 Å². The molecule has 0 bridgehead atoms. The van der Waals surface area contributed by atoms with Crippen molar-refractivity contribution in [3.8, 4) is 0 Å². The maximum absolute atomic E-state index is 14.3. The molecule has 0 aromatic rings. The summed E-state index contributed by atoms with van der Waals surface area (Å²) in [6.07, 6.45) is 10.00. The number of hydrogen-bond donors (Lipinski definition) is 9. The van der Waals surface area contributed by atoms with E-state index < -0.39 is 108 Å². The molecule has 20 nitrogen and oxygen atoms in total. The third-order valence-corrected chi connectivity index (χ3v) is 15.2. The third kappa shape index (κ3) is 18.0. The highest BCUT2D eigenvalue weighted by atomic mass is 32.2. The standard InChI is InChI=1S/C49H83N9O11S/c1-28(2)23-36-48(68)57(7)30(4)43(63)52-35(24-33-17-11-8-12-18-33)44(64)55-41(32(6)60)47(67)56-40(31(5)59)46(66)50-29(3)42(62)54-38(26-70-27-39(61)51-36)45(65)53-37(25-34-19-13-9-14-20-34)49(69)58-21-15-10-16-22-58/h28-38,40-41,59-60H,8-27H2,1-7H3,(H,50,66)(H,51,61)(H,52,63)(H,53,65)(H,54,62)(H,55,64)(H,56,67)/t29-,30-,31+,32+,35-,36-,37-,38-,40-,41-/m0/s1. The molecular formula is C49H83N9O11S. The molecule has 2 saturated heterocycles. The second-order valence-electron chi connectivity index (χ2n) is 20.6. The Hall–Kier alpha value is -4.50. The minimum absolute atomic E-state index is 0.0533. The van der Waals surface area contributed by atoms with Gasteiger partial charge in [0.15, 0.2) is 0 Å². The fraction of sp³-hybridized carbons (Fsp3) is 0.816. The largest absolute Gasteiger partial charge is 0.391 e. The lowest BCUT2D eigenvalue weighted by Gasteiger charge is -2.34. The number of aliphatic hydroxyl groups is 2. The Morgan fingerprint density at radius 1 is 0.643 bits per heavy atom. The second kappa shape index (κ2) is 28.5. The summed E-state index contributed by atoms with van der Waals surface area (Å²) in [6, 6.07) is -10.3. The minimum atomic E-state index is -1.69. The molecule has 4 rings (SSSR count). The van der Waals surface area contributed by atoms with E-state index >= 15 is 0 Å². The van der Waals surface area contributed by atoms with Gasteiger partial charge in [0.25, 0.3) is 0 Å². The van der Waals surface area contributed by atoms with Crippen molar-refractivity contribution < 1.29 is 53.4 Å². The molecule has 396 valence electrons. The first kappa shape index (κ1) is 58.1. The number of amides is 9. The van der Waals surface area contributed by atoms with E-state index in [1.807, 2.05) is 13.8 Å². The third-order valence-electron chi connectivity index (χ3n) is 14.2. The number of carbonyl (C=O) groups is 9. The number of thioether (sulfide) groups is 1. The lowest BCUT2D eigenvalue weighted by molar-refractivity contribution is -0.142. The number of likely N-dealkylation sites (N-methyl/N-ethyl adjacent to an activating group) is 1. The van der Waals surface area contributed by atoms with E-state index in [-0.39, 0.29) is 48.0 Å². The van der Waals surface area contributed by atoms with Crippen LogP contribution in [0.15, 0.2) is 0 Å². The predicted octanol–water partition coefficient (Wildman–Crippen LogP) is 0.755. The van der Waals surface area contributed by atoms with Crippen LogP contribution in [0.2, 0.25) is 0 Å². The molecule has 0 spiro atoms. The number of nitrogens with one attached hydrogen (secondary N) is 7. The summed E-state index contributed by atoms with van der Waals surface area (Å²) in [4.78, 5) is 129. The Morgan fingerprint density at radius 3 is 1.76 bits per heavy atom. The van der Waals surface area contributed by atoms with Crippen LogP contribution in [0.4, 0.5) is 0 Å². The zero-order chi connectivity index (χ0) is 51.7. The van der Waals surface area contributed by atoms with E-state index in [1.54, 1.807) is 4.90 Å². The summed E-state index contributed by atoms with van der Waals surface area (Å²) < 4.78 is 0. The lowest BCUT2D eigenvalue weighted by atomic mass is 9.84. The number of carbonyl (C=O) groups excluding carboxylic acids is 9. The van der Waals surface area contributed by atoms with Gasteiger partial charge in [0.2, 0.25) is 53.2 Å². The van der Waals surface area contributed by atoms with Gasteiger partial charge in [0.05, 0.1) is 18.0 Å². The van der Waals surface area contributed by atoms with Gasteiger partial charge in [-0.25, -0.2) is 0 Å². The number of hydrogen-bond acceptors (Lipinski definition) is 12. The molecule has 4 fully saturated rings. The Morgan fingerprint density at radius 2 is 1.19 bits per heavy atom. The summed E-state index contributed by atoms with van der Waals surface area (Å²) in [5.74, 6) is -6.48. The monoisotopic (exact) mass is 1010 g/mol. The second-order valence-corrected chi connectivity index (χ2v) is 21.7. The van der Waals surface area contributed by atoms with Crippen LogP contribution in [0, 0.1) is 17.8 Å². The van der Waals surface area contributed by atoms with Crippen LogP contribution in [0.25, 0.3) is 0 Å². The maximum Gasteiger partial charge on any atom is 0.245 e. The van der Waals surface area contributed by atoms with Crippen molar-refractivity contribution in [1.82, 2.24) is 47.0 Å². The summed E-state index contributed by atoms with van der Waals surface area (Å²) in [6.45, 7) is 10.2. The molecule has 9 N–H and O–H groups in total. The molecule has 2 aliphatic heterocycles. The van der Waals surface area contributed by atoms with Crippen LogP contribution >= 0.6 is 11.8 Å². The fourth-order valence-corrected chi connectivity index (χ4v) is 10.7. The van der Waals surface area contributed by atoms with Gasteiger partial charge >= 0.3 is 0 Å². The smallest absolute Gasteiger partial charge is 0.245 e. The molecule has 0 aromatic heterocycles. The van der Waals surface area contributed by atoms with E-state index in [2.05, 4.69) is 37.2 Å². The lowest BCUT2D eigenvalue weighted by Crippen LogP contribution is -2.63. The Labute approximate surface area is 418 Å². The average Bonchev–Trinajstić information content (AvgIpc) is 3.32. The highest BCUT2D eigenvalue weighted by molar-refractivity contribution is 8.00. The first-order valence-electron chi connectivity index (χ1n) is 25.8. The summed E-state index contributed by atoms with van der Waals surface area (Å²) in [5.41, 5.74) is 0. The molecule has 2 aliphatic carbocycles. The highest BCUT2D eigenvalue weighted by Crippen LogP contribution is 2.29. The molecule has 2 saturated carbocycles. The van der Waals surface area contributed by atoms with Crippen LogP contribution in [-0.4, -0.2) is 165 Å². The van der Waals surface area contributed by atoms with Crippen molar-refractivity contribution in [2.75, 3.05) is 31.6 Å². The van der Waals surface area contributed by atoms with E-state index in [0.29, 0.717) is 19.5 Å². The molecule has 0 unspecified atom stereocenters. The molecule has 70 heavy (non-hydrogen) atoms. The van der Waals surface area contributed by atoms with E-state index in [4.69, 9.17) is 0 Å². The zero-order valence-corrected chi connectivity index (χ0v) is 43.3. The van der Waals surface area contributed by atoms with Gasteiger partial charge in [-0.3, -0.25) is 43.2 Å². The average molecular weight is 1010 g/mol. The number of likely N-dealkylation sites (tertiary alicyclic amines) is 1. The first-order chi connectivity index (χ1) is 33.2. The topological polar surface area (TPSA) is 285 Å². The Kier molecular flexibility index (Phi) is 23.7. The molecule has 21 heteroatoms. The molecule has 2 heterocycles. The van der Waals surface area contributed by atoms with Crippen molar-refractivity contribution >= 4 is 64.9 Å².